The van der Waals surface area contributed by atoms with Crippen molar-refractivity contribution in [2.24, 2.45) is 0 Å². The van der Waals surface area contributed by atoms with Gasteiger partial charge in [0.05, 0.1) is 15.8 Å². The number of aromatic amines is 1. The van der Waals surface area contributed by atoms with Crippen LogP contribution >= 0.6 is 11.3 Å². The topological polar surface area (TPSA) is 89.4 Å². The van der Waals surface area contributed by atoms with Crippen LogP contribution < -0.4 is 4.90 Å². The molecule has 3 aliphatic rings. The number of benzene rings is 1. The third kappa shape index (κ3) is 3.36. The molecular weight excluding hydrogens is 472 g/mol. The summed E-state index contributed by atoms with van der Waals surface area (Å²) in [5.41, 5.74) is 4.42. The van der Waals surface area contributed by atoms with E-state index in [-0.39, 0.29) is 24.0 Å². The van der Waals surface area contributed by atoms with Crippen LogP contribution in [0.15, 0.2) is 24.3 Å². The number of carbonyl (C=O) groups excluding carboxylic acids is 2. The molecule has 2 unspecified atom stereocenters. The molecule has 7 nitrogen and oxygen atoms in total. The predicted molar refractivity (Wildman–Crippen MR) is 140 cm³/mol. The first kappa shape index (κ1) is 23.1. The highest BCUT2D eigenvalue weighted by Gasteiger charge is 2.44. The smallest absolute Gasteiger partial charge is 0.410 e. The van der Waals surface area contributed by atoms with Gasteiger partial charge in [-0.2, -0.15) is 5.26 Å². The first-order valence-corrected chi connectivity index (χ1v) is 13.3. The van der Waals surface area contributed by atoms with Crippen molar-refractivity contribution in [3.8, 4) is 6.07 Å². The Morgan fingerprint density at radius 2 is 1.89 bits per heavy atom. The number of anilines is 1. The number of hydrogen-bond acceptors (Lipinski definition) is 6. The summed E-state index contributed by atoms with van der Waals surface area (Å²) in [6.07, 6.45) is 1.82. The molecule has 2 atom stereocenters. The number of nitriles is 1. The number of thiophene rings is 1. The molecule has 2 fully saturated rings. The zero-order valence-electron chi connectivity index (χ0n) is 21.3. The van der Waals surface area contributed by atoms with E-state index in [2.05, 4.69) is 41.9 Å². The molecule has 2 bridgehead atoms. The maximum absolute atomic E-state index is 13.7. The molecule has 1 N–H and O–H groups in total. The first-order valence-electron chi connectivity index (χ1n) is 12.5. The molecule has 4 heterocycles. The zero-order valence-corrected chi connectivity index (χ0v) is 22.1. The Bertz CT molecular complexity index is 1450. The number of hydrogen-bond donors (Lipinski definition) is 1. The number of rotatable bonds is 1. The second kappa shape index (κ2) is 7.59. The van der Waals surface area contributed by atoms with E-state index < -0.39 is 11.0 Å². The number of fused-ring (bicyclic) bond motifs is 6. The monoisotopic (exact) mass is 502 g/mol. The minimum atomic E-state index is -0.509. The van der Waals surface area contributed by atoms with Crippen LogP contribution in [-0.2, 0) is 10.2 Å². The Balaban J connectivity index is 1.34. The molecule has 1 aromatic carbocycles. The highest BCUT2D eigenvalue weighted by Crippen LogP contribution is 2.47. The van der Waals surface area contributed by atoms with Crippen molar-refractivity contribution in [2.45, 2.75) is 70.6 Å². The lowest BCUT2D eigenvalue weighted by Crippen LogP contribution is -2.56. The Hall–Kier alpha value is -3.31. The van der Waals surface area contributed by atoms with Gasteiger partial charge in [0.1, 0.15) is 16.5 Å². The van der Waals surface area contributed by atoms with E-state index >= 15 is 0 Å². The number of ketones is 1. The third-order valence-electron chi connectivity index (χ3n) is 7.78. The number of aromatic nitrogens is 1. The molecule has 1 amide bonds. The molecule has 6 rings (SSSR count). The molecule has 3 aromatic rings. The summed E-state index contributed by atoms with van der Waals surface area (Å²) in [7, 11) is 0. The molecule has 8 heteroatoms. The van der Waals surface area contributed by atoms with Gasteiger partial charge in [-0.25, -0.2) is 4.79 Å². The van der Waals surface area contributed by atoms with Crippen LogP contribution in [0, 0.1) is 11.3 Å². The lowest BCUT2D eigenvalue weighted by molar-refractivity contribution is 0.0209. The van der Waals surface area contributed by atoms with Crippen molar-refractivity contribution in [3.05, 3.63) is 51.5 Å². The van der Waals surface area contributed by atoms with Gasteiger partial charge < -0.3 is 19.5 Å². The molecule has 1 aliphatic carbocycles. The van der Waals surface area contributed by atoms with Crippen LogP contribution in [0.5, 0.6) is 0 Å². The summed E-state index contributed by atoms with van der Waals surface area (Å²) in [6, 6.07) is 10.7. The molecule has 2 saturated heterocycles. The standard InChI is InChI=1S/C28H30N4O3S/c1-27(2,3)35-26(34)31-13-16-6-7-17(14-31)32(16)15-8-9-19-20(10-15)28(4,5)25-22(23(19)33)24-21(30-25)11-18(12-29)36-24/h8-11,16-17,30H,6-7,13-14H2,1-5H3. The summed E-state index contributed by atoms with van der Waals surface area (Å²) in [4.78, 5) is 34.8. The summed E-state index contributed by atoms with van der Waals surface area (Å²) in [5, 5.41) is 9.31. The van der Waals surface area contributed by atoms with E-state index in [1.807, 2.05) is 37.8 Å². The predicted octanol–water partition coefficient (Wildman–Crippen LogP) is 5.56. The molecule has 0 spiro atoms. The maximum atomic E-state index is 13.7. The minimum Gasteiger partial charge on any atom is -0.444 e. The highest BCUT2D eigenvalue weighted by molar-refractivity contribution is 7.20. The number of H-pyrrole nitrogens is 1. The van der Waals surface area contributed by atoms with E-state index in [1.54, 1.807) is 0 Å². The molecule has 0 radical (unpaired) electrons. The SMILES string of the molecule is CC(C)(C)OC(=O)N1CC2CCC(C1)N2c1ccc2c(c1)C(C)(C)c1[nH]c3cc(C#N)sc3c1C2=O. The second-order valence-electron chi connectivity index (χ2n) is 11.7. The number of nitrogens with one attached hydrogen (secondary N) is 1. The van der Waals surface area contributed by atoms with Gasteiger partial charge in [0.15, 0.2) is 5.78 Å². The van der Waals surface area contributed by atoms with Crippen LogP contribution in [0.2, 0.25) is 0 Å². The van der Waals surface area contributed by atoms with Gasteiger partial charge in [-0.15, -0.1) is 11.3 Å². The average Bonchev–Trinajstić information content (AvgIpc) is 3.45. The number of amides is 1. The number of likely N-dealkylation sites (tertiary alicyclic amines) is 1. The number of piperazine rings is 1. The van der Waals surface area contributed by atoms with E-state index in [0.717, 1.165) is 45.6 Å². The van der Waals surface area contributed by atoms with Crippen molar-refractivity contribution in [3.63, 3.8) is 0 Å². The summed E-state index contributed by atoms with van der Waals surface area (Å²) >= 11 is 1.37. The van der Waals surface area contributed by atoms with Gasteiger partial charge >= 0.3 is 6.09 Å². The van der Waals surface area contributed by atoms with Crippen molar-refractivity contribution in [1.82, 2.24) is 9.88 Å². The van der Waals surface area contributed by atoms with Crippen molar-refractivity contribution in [2.75, 3.05) is 18.0 Å². The third-order valence-corrected chi connectivity index (χ3v) is 8.84. The van der Waals surface area contributed by atoms with Crippen LogP contribution in [-0.4, -0.2) is 52.5 Å². The van der Waals surface area contributed by atoms with E-state index in [0.29, 0.717) is 23.5 Å². The fourth-order valence-corrected chi connectivity index (χ4v) is 7.16. The minimum absolute atomic E-state index is 0.0150. The molecule has 186 valence electrons. The lowest BCUT2D eigenvalue weighted by Gasteiger charge is -2.43. The van der Waals surface area contributed by atoms with E-state index in [4.69, 9.17) is 4.74 Å². The molecule has 2 aliphatic heterocycles. The quantitative estimate of drug-likeness (QED) is 0.471. The summed E-state index contributed by atoms with van der Waals surface area (Å²) in [5.74, 6) is 0.0150. The van der Waals surface area contributed by atoms with Gasteiger partial charge in [-0.1, -0.05) is 13.8 Å². The molecular formula is C28H30N4O3S. The van der Waals surface area contributed by atoms with Gasteiger partial charge in [0, 0.05) is 47.5 Å². The Kier molecular flexibility index (Phi) is 4.88. The van der Waals surface area contributed by atoms with Gasteiger partial charge in [0.25, 0.3) is 0 Å². The lowest BCUT2D eigenvalue weighted by atomic mass is 9.71. The number of ether oxygens (including phenoxy) is 1. The van der Waals surface area contributed by atoms with Crippen LogP contribution in [0.4, 0.5) is 10.5 Å². The number of carbonyl (C=O) groups is 2. The van der Waals surface area contributed by atoms with Crippen molar-refractivity contribution < 1.29 is 14.3 Å². The molecule has 0 saturated carbocycles. The van der Waals surface area contributed by atoms with Gasteiger partial charge in [0.2, 0.25) is 0 Å². The van der Waals surface area contributed by atoms with Crippen LogP contribution in [0.25, 0.3) is 10.2 Å². The van der Waals surface area contributed by atoms with E-state index in [1.165, 1.54) is 11.3 Å². The van der Waals surface area contributed by atoms with Gasteiger partial charge in [-0.3, -0.25) is 4.79 Å². The Morgan fingerprint density at radius 3 is 2.53 bits per heavy atom. The van der Waals surface area contributed by atoms with E-state index in [9.17, 15) is 14.9 Å². The zero-order chi connectivity index (χ0) is 25.6. The van der Waals surface area contributed by atoms with Crippen molar-refractivity contribution in [1.29, 1.82) is 5.26 Å². The average molecular weight is 503 g/mol. The highest BCUT2D eigenvalue weighted by atomic mass is 32.1. The largest absolute Gasteiger partial charge is 0.444 e. The van der Waals surface area contributed by atoms with Crippen LogP contribution in [0.1, 0.15) is 79.5 Å². The van der Waals surface area contributed by atoms with Crippen LogP contribution in [0.3, 0.4) is 0 Å². The number of nitrogens with zero attached hydrogens (tertiary/aromatic N) is 3. The molecule has 2 aromatic heterocycles. The fraction of sp³-hybridized carbons (Fsp3) is 0.464. The normalized spacial score (nSPS) is 22.4. The summed E-state index contributed by atoms with van der Waals surface area (Å²) < 4.78 is 6.50. The first-order chi connectivity index (χ1) is 17.0. The molecule has 36 heavy (non-hydrogen) atoms. The van der Waals surface area contributed by atoms with Crippen molar-refractivity contribution >= 4 is 39.1 Å². The summed E-state index contributed by atoms with van der Waals surface area (Å²) in [6.45, 7) is 11.3. The Labute approximate surface area is 214 Å². The fourth-order valence-electron chi connectivity index (χ4n) is 6.20. The Morgan fingerprint density at radius 1 is 1.19 bits per heavy atom. The van der Waals surface area contributed by atoms with Gasteiger partial charge in [-0.05, 0) is 63.4 Å². The maximum Gasteiger partial charge on any atom is 0.410 e. The second-order valence-corrected chi connectivity index (χ2v) is 12.8.